The van der Waals surface area contributed by atoms with Gasteiger partial charge in [-0.3, -0.25) is 0 Å². The van der Waals surface area contributed by atoms with Crippen molar-refractivity contribution in [2.24, 2.45) is 0 Å². The van der Waals surface area contributed by atoms with Crippen LogP contribution < -0.4 is 36.7 Å². The molecule has 10 rings (SSSR count). The molecule has 0 unspecified atom stereocenters. The van der Waals surface area contributed by atoms with Crippen LogP contribution in [0.3, 0.4) is 0 Å². The highest BCUT2D eigenvalue weighted by atomic mass is 31.2. The number of rotatable bonds is 9. The molecule has 0 aliphatic heterocycles. The highest BCUT2D eigenvalue weighted by molar-refractivity contribution is 7.87. The molecule has 286 valence electrons. The number of nitrogens with zero attached hydrogens (tertiary/aromatic N) is 1. The van der Waals surface area contributed by atoms with Gasteiger partial charge in [0, 0.05) is 48.9 Å². The van der Waals surface area contributed by atoms with Crippen molar-refractivity contribution < 1.29 is 9.13 Å². The summed E-state index contributed by atoms with van der Waals surface area (Å²) in [6, 6.07) is 75.1. The second kappa shape index (κ2) is 16.0. The van der Waals surface area contributed by atoms with Gasteiger partial charge in [0.25, 0.3) is 0 Å². The maximum Gasteiger partial charge on any atom is 0.171 e. The van der Waals surface area contributed by atoms with Gasteiger partial charge in [0.05, 0.1) is 0 Å². The fourth-order valence-electron chi connectivity index (χ4n) is 8.52. The third-order valence-corrected chi connectivity index (χ3v) is 17.3. The zero-order valence-electron chi connectivity index (χ0n) is 33.0. The Balaban J connectivity index is 0.00000221. The van der Waals surface area contributed by atoms with Crippen molar-refractivity contribution in [3.63, 3.8) is 0 Å². The summed E-state index contributed by atoms with van der Waals surface area (Å²) < 4.78 is 33.0. The van der Waals surface area contributed by atoms with Gasteiger partial charge in [-0.2, -0.15) is 0 Å². The molecule has 0 fully saturated rings. The standard InChI is InChI=1S/C52H37NO2P2.C2H6/c54-56(43-23-11-3-12-24-43,44-25-13-4-14-26-44)49-37-50(57(55,45-27-15-5-16-28-45)46-29-17-6-18-30-46)48-34-32-39-36-42(35-38-31-33-47(49)52(48)51(38)39)53(40-19-7-1-8-20-40)41-21-9-2-10-22-41;1-2/h1-37H;1-2H3. The monoisotopic (exact) mass is 799 g/mol. The van der Waals surface area contributed by atoms with Crippen molar-refractivity contribution in [3.05, 3.63) is 224 Å². The first-order valence-corrected chi connectivity index (χ1v) is 23.6. The number of anilines is 3. The Labute approximate surface area is 346 Å². The molecule has 10 aromatic carbocycles. The third-order valence-electron chi connectivity index (χ3n) is 11.1. The van der Waals surface area contributed by atoms with Crippen LogP contribution in [0.4, 0.5) is 17.1 Å². The third kappa shape index (κ3) is 6.48. The average Bonchev–Trinajstić information content (AvgIpc) is 3.32. The Hall–Kier alpha value is -6.50. The van der Waals surface area contributed by atoms with E-state index in [1.165, 1.54) is 0 Å². The van der Waals surface area contributed by atoms with Crippen LogP contribution in [-0.4, -0.2) is 0 Å². The maximum atomic E-state index is 16.5. The lowest BCUT2D eigenvalue weighted by Gasteiger charge is -2.29. The summed E-state index contributed by atoms with van der Waals surface area (Å²) in [5.41, 5.74) is 3.14. The number of hydrogen-bond donors (Lipinski definition) is 0. The van der Waals surface area contributed by atoms with Gasteiger partial charge >= 0.3 is 0 Å². The van der Waals surface area contributed by atoms with Crippen LogP contribution >= 0.6 is 14.3 Å². The fraction of sp³-hybridized carbons (Fsp3) is 0.0370. The van der Waals surface area contributed by atoms with Crippen molar-refractivity contribution in [2.45, 2.75) is 13.8 Å². The van der Waals surface area contributed by atoms with Crippen molar-refractivity contribution >= 4 is 95.5 Å². The predicted octanol–water partition coefficient (Wildman–Crippen LogP) is 12.4. The van der Waals surface area contributed by atoms with E-state index in [1.54, 1.807) is 0 Å². The minimum absolute atomic E-state index is 0.683. The molecule has 0 radical (unpaired) electrons. The van der Waals surface area contributed by atoms with E-state index in [0.29, 0.717) is 10.6 Å². The molecule has 3 nitrogen and oxygen atoms in total. The predicted molar refractivity (Wildman–Crippen MR) is 255 cm³/mol. The summed E-state index contributed by atoms with van der Waals surface area (Å²) >= 11 is 0. The second-order valence-electron chi connectivity index (χ2n) is 14.4. The number of hydrogen-bond acceptors (Lipinski definition) is 3. The summed E-state index contributed by atoms with van der Waals surface area (Å²) in [5, 5.41) is 10.2. The lowest BCUT2D eigenvalue weighted by atomic mass is 9.93. The minimum Gasteiger partial charge on any atom is -0.310 e. The number of benzene rings is 10. The Bertz CT molecular complexity index is 2810. The van der Waals surface area contributed by atoms with Crippen LogP contribution in [-0.2, 0) is 9.13 Å². The molecule has 0 atom stereocenters. The maximum absolute atomic E-state index is 16.5. The molecule has 0 saturated heterocycles. The molecule has 0 bridgehead atoms. The van der Waals surface area contributed by atoms with Crippen molar-refractivity contribution in [1.82, 2.24) is 0 Å². The van der Waals surface area contributed by atoms with Crippen molar-refractivity contribution in [2.75, 3.05) is 4.90 Å². The van der Waals surface area contributed by atoms with Gasteiger partial charge in [0.1, 0.15) is 0 Å². The van der Waals surface area contributed by atoms with E-state index < -0.39 is 14.3 Å². The molecular formula is C54H43NO2P2. The van der Waals surface area contributed by atoms with E-state index in [4.69, 9.17) is 0 Å². The molecule has 0 aromatic heterocycles. The first-order valence-electron chi connectivity index (χ1n) is 20.1. The van der Waals surface area contributed by atoms with Crippen LogP contribution in [0.25, 0.3) is 32.3 Å². The quantitative estimate of drug-likeness (QED) is 0.108. The Morgan fingerprint density at radius 1 is 0.322 bits per heavy atom. The van der Waals surface area contributed by atoms with Crippen LogP contribution in [0, 0.1) is 0 Å². The Morgan fingerprint density at radius 2 is 0.627 bits per heavy atom. The molecule has 10 aromatic rings. The van der Waals surface area contributed by atoms with Gasteiger partial charge in [-0.25, -0.2) is 0 Å². The van der Waals surface area contributed by atoms with E-state index in [2.05, 4.69) is 89.8 Å². The molecule has 0 saturated carbocycles. The Morgan fingerprint density at radius 3 is 0.949 bits per heavy atom. The second-order valence-corrected chi connectivity index (χ2v) is 19.8. The fourth-order valence-corrected chi connectivity index (χ4v) is 14.4. The van der Waals surface area contributed by atoms with Crippen molar-refractivity contribution in [1.29, 1.82) is 0 Å². The van der Waals surface area contributed by atoms with Gasteiger partial charge in [-0.05, 0) is 74.8 Å². The van der Waals surface area contributed by atoms with Crippen LogP contribution in [0.5, 0.6) is 0 Å². The lowest BCUT2D eigenvalue weighted by molar-refractivity contribution is 0.592. The van der Waals surface area contributed by atoms with Crippen LogP contribution in [0.15, 0.2) is 224 Å². The van der Waals surface area contributed by atoms with Gasteiger partial charge < -0.3 is 14.0 Å². The Kier molecular flexibility index (Phi) is 10.3. The van der Waals surface area contributed by atoms with Crippen LogP contribution in [0.2, 0.25) is 0 Å². The van der Waals surface area contributed by atoms with E-state index in [9.17, 15) is 0 Å². The molecule has 0 aliphatic carbocycles. The van der Waals surface area contributed by atoms with Gasteiger partial charge in [0.2, 0.25) is 0 Å². The molecule has 5 heteroatoms. The molecule has 0 spiro atoms. The largest absolute Gasteiger partial charge is 0.310 e. The molecule has 0 heterocycles. The van der Waals surface area contributed by atoms with Crippen LogP contribution in [0.1, 0.15) is 13.8 Å². The zero-order chi connectivity index (χ0) is 40.4. The summed E-state index contributed by atoms with van der Waals surface area (Å²) in [5.74, 6) is 0. The summed E-state index contributed by atoms with van der Waals surface area (Å²) in [4.78, 5) is 2.28. The van der Waals surface area contributed by atoms with Gasteiger partial charge in [-0.15, -0.1) is 0 Å². The minimum atomic E-state index is -3.55. The summed E-state index contributed by atoms with van der Waals surface area (Å²) in [6.45, 7) is 4.00. The van der Waals surface area contributed by atoms with Crippen molar-refractivity contribution in [3.8, 4) is 0 Å². The highest BCUT2D eigenvalue weighted by Gasteiger charge is 2.38. The molecular weight excluding hydrogens is 757 g/mol. The van der Waals surface area contributed by atoms with E-state index in [0.717, 1.165) is 70.6 Å². The highest BCUT2D eigenvalue weighted by Crippen LogP contribution is 2.51. The smallest absolute Gasteiger partial charge is 0.171 e. The molecule has 0 amide bonds. The summed E-state index contributed by atoms with van der Waals surface area (Å²) in [6.07, 6.45) is 0. The van der Waals surface area contributed by atoms with Gasteiger partial charge in [0.15, 0.2) is 14.3 Å². The first-order chi connectivity index (χ1) is 29.0. The lowest BCUT2D eigenvalue weighted by Crippen LogP contribution is -2.31. The molecule has 59 heavy (non-hydrogen) atoms. The van der Waals surface area contributed by atoms with E-state index in [1.807, 2.05) is 153 Å². The normalized spacial score (nSPS) is 11.7. The van der Waals surface area contributed by atoms with E-state index in [-0.39, 0.29) is 0 Å². The van der Waals surface area contributed by atoms with E-state index >= 15 is 9.13 Å². The first kappa shape index (κ1) is 38.0. The average molecular weight is 800 g/mol. The molecule has 0 aliphatic rings. The topological polar surface area (TPSA) is 37.4 Å². The summed E-state index contributed by atoms with van der Waals surface area (Å²) in [7, 11) is -7.10. The SMILES string of the molecule is CC.O=P(c1ccccc1)(c1ccccc1)c1cc(P(=O)(c2ccccc2)c2ccccc2)c2ccc3cc(N(c4ccccc4)c4ccccc4)cc4ccc1c2c43. The molecule has 0 N–H and O–H groups in total. The zero-order valence-corrected chi connectivity index (χ0v) is 34.8. The van der Waals surface area contributed by atoms with Gasteiger partial charge in [-0.1, -0.05) is 196 Å². The number of para-hydroxylation sites is 2.